The Balaban J connectivity index is 1.32. The van der Waals surface area contributed by atoms with Gasteiger partial charge < -0.3 is 15.5 Å². The second-order valence-electron chi connectivity index (χ2n) is 9.33. The van der Waals surface area contributed by atoms with Crippen LogP contribution in [0.15, 0.2) is 30.3 Å². The molecule has 4 heterocycles. The van der Waals surface area contributed by atoms with E-state index in [9.17, 15) is 0 Å². The average Bonchev–Trinajstić information content (AvgIpc) is 3.09. The van der Waals surface area contributed by atoms with Crippen molar-refractivity contribution in [1.82, 2.24) is 20.2 Å². The third-order valence-electron chi connectivity index (χ3n) is 6.90. The van der Waals surface area contributed by atoms with E-state index in [1.165, 1.54) is 67.7 Å². The molecule has 1 aromatic carbocycles. The van der Waals surface area contributed by atoms with Crippen LogP contribution in [0.3, 0.4) is 0 Å². The lowest BCUT2D eigenvalue weighted by Crippen LogP contribution is -2.42. The van der Waals surface area contributed by atoms with Crippen LogP contribution in [0.5, 0.6) is 0 Å². The van der Waals surface area contributed by atoms with E-state index in [4.69, 9.17) is 9.97 Å². The van der Waals surface area contributed by atoms with Gasteiger partial charge in [0.2, 0.25) is 5.95 Å². The minimum atomic E-state index is 0.411. The molecule has 0 bridgehead atoms. The molecular weight excluding hydrogens is 384 g/mol. The molecule has 0 spiro atoms. The Labute approximate surface area is 186 Å². The molecule has 6 heteroatoms. The number of rotatable bonds is 5. The van der Waals surface area contributed by atoms with Crippen LogP contribution in [0.1, 0.15) is 55.3 Å². The van der Waals surface area contributed by atoms with Crippen molar-refractivity contribution in [2.75, 3.05) is 42.9 Å². The van der Waals surface area contributed by atoms with Gasteiger partial charge in [0.15, 0.2) is 0 Å². The van der Waals surface area contributed by atoms with Gasteiger partial charge in [0, 0.05) is 57.3 Å². The fraction of sp³-hybridized carbons (Fsp3) is 0.600. The Morgan fingerprint density at radius 2 is 1.81 bits per heavy atom. The first-order valence-corrected chi connectivity index (χ1v) is 12.2. The van der Waals surface area contributed by atoms with Gasteiger partial charge in [-0.1, -0.05) is 43.2 Å². The molecule has 3 aliphatic rings. The molecule has 3 aliphatic heterocycles. The molecule has 0 radical (unpaired) electrons. The van der Waals surface area contributed by atoms with Crippen LogP contribution in [-0.2, 0) is 19.5 Å². The molecule has 1 atom stereocenters. The molecule has 1 aromatic heterocycles. The largest absolute Gasteiger partial charge is 0.356 e. The third kappa shape index (κ3) is 5.18. The average molecular weight is 421 g/mol. The van der Waals surface area contributed by atoms with Crippen molar-refractivity contribution in [2.24, 2.45) is 0 Å². The molecule has 1 unspecified atom stereocenters. The Morgan fingerprint density at radius 3 is 2.65 bits per heavy atom. The van der Waals surface area contributed by atoms with Crippen molar-refractivity contribution >= 4 is 11.8 Å². The van der Waals surface area contributed by atoms with E-state index in [1.54, 1.807) is 0 Å². The van der Waals surface area contributed by atoms with E-state index in [0.717, 1.165) is 51.6 Å². The first-order chi connectivity index (χ1) is 15.3. The highest BCUT2D eigenvalue weighted by Gasteiger charge is 2.25. The monoisotopic (exact) mass is 420 g/mol. The third-order valence-corrected chi connectivity index (χ3v) is 6.90. The van der Waals surface area contributed by atoms with Gasteiger partial charge in [0.25, 0.3) is 0 Å². The minimum absolute atomic E-state index is 0.411. The van der Waals surface area contributed by atoms with Crippen molar-refractivity contribution in [3.05, 3.63) is 47.2 Å². The minimum Gasteiger partial charge on any atom is -0.356 e. The maximum atomic E-state index is 5.10. The number of aromatic nitrogens is 2. The Hall–Kier alpha value is -2.18. The smallest absolute Gasteiger partial charge is 0.225 e. The number of anilines is 2. The van der Waals surface area contributed by atoms with Crippen molar-refractivity contribution < 1.29 is 0 Å². The van der Waals surface area contributed by atoms with Crippen LogP contribution >= 0.6 is 0 Å². The van der Waals surface area contributed by atoms with Gasteiger partial charge in [0.1, 0.15) is 5.82 Å². The molecule has 31 heavy (non-hydrogen) atoms. The second kappa shape index (κ2) is 9.96. The zero-order valence-electron chi connectivity index (χ0n) is 18.7. The van der Waals surface area contributed by atoms with Gasteiger partial charge in [-0.3, -0.25) is 4.90 Å². The summed E-state index contributed by atoms with van der Waals surface area (Å²) in [7, 11) is 0. The first kappa shape index (κ1) is 20.7. The lowest BCUT2D eigenvalue weighted by atomic mass is 10.0. The van der Waals surface area contributed by atoms with Gasteiger partial charge in [-0.25, -0.2) is 4.98 Å². The van der Waals surface area contributed by atoms with Crippen LogP contribution in [0.4, 0.5) is 11.8 Å². The quantitative estimate of drug-likeness (QED) is 0.771. The van der Waals surface area contributed by atoms with E-state index in [0.29, 0.717) is 6.04 Å². The molecule has 2 fully saturated rings. The van der Waals surface area contributed by atoms with E-state index >= 15 is 0 Å². The van der Waals surface area contributed by atoms with E-state index in [1.807, 2.05) is 0 Å². The van der Waals surface area contributed by atoms with Crippen molar-refractivity contribution in [2.45, 2.75) is 64.1 Å². The van der Waals surface area contributed by atoms with Crippen molar-refractivity contribution in [1.29, 1.82) is 0 Å². The molecule has 5 rings (SSSR count). The molecule has 0 amide bonds. The van der Waals surface area contributed by atoms with E-state index in [2.05, 4.69) is 50.8 Å². The summed E-state index contributed by atoms with van der Waals surface area (Å²) in [5, 5.41) is 7.26. The fourth-order valence-electron chi connectivity index (χ4n) is 5.27. The summed E-state index contributed by atoms with van der Waals surface area (Å²) >= 11 is 0. The fourth-order valence-corrected chi connectivity index (χ4v) is 5.27. The van der Waals surface area contributed by atoms with Crippen LogP contribution in [-0.4, -0.2) is 53.6 Å². The van der Waals surface area contributed by atoms with Gasteiger partial charge in [-0.15, -0.1) is 0 Å². The summed E-state index contributed by atoms with van der Waals surface area (Å²) in [6.45, 7) is 7.40. The van der Waals surface area contributed by atoms with Gasteiger partial charge in [-0.2, -0.15) is 4.98 Å². The molecule has 0 aliphatic carbocycles. The van der Waals surface area contributed by atoms with Crippen LogP contribution in [0.2, 0.25) is 0 Å². The predicted octanol–water partition coefficient (Wildman–Crippen LogP) is 3.58. The molecular formula is C25H36N6. The first-order valence-electron chi connectivity index (χ1n) is 12.2. The lowest BCUT2D eigenvalue weighted by Gasteiger charge is -2.34. The van der Waals surface area contributed by atoms with Crippen LogP contribution in [0, 0.1) is 0 Å². The Morgan fingerprint density at radius 1 is 0.968 bits per heavy atom. The highest BCUT2D eigenvalue weighted by Crippen LogP contribution is 2.28. The number of piperidine rings is 1. The molecule has 2 N–H and O–H groups in total. The summed E-state index contributed by atoms with van der Waals surface area (Å²) < 4.78 is 0. The topological polar surface area (TPSA) is 56.3 Å². The van der Waals surface area contributed by atoms with Gasteiger partial charge in [0.05, 0.1) is 5.69 Å². The summed E-state index contributed by atoms with van der Waals surface area (Å²) in [4.78, 5) is 15.2. The van der Waals surface area contributed by atoms with Gasteiger partial charge >= 0.3 is 0 Å². The normalized spacial score (nSPS) is 22.6. The maximum Gasteiger partial charge on any atom is 0.225 e. The lowest BCUT2D eigenvalue weighted by molar-refractivity contribution is 0.208. The van der Waals surface area contributed by atoms with E-state index < -0.39 is 0 Å². The van der Waals surface area contributed by atoms with E-state index in [-0.39, 0.29) is 0 Å². The number of nitrogens with zero attached hydrogens (tertiary/aromatic N) is 4. The number of likely N-dealkylation sites (tertiary alicyclic amines) is 1. The summed E-state index contributed by atoms with van der Waals surface area (Å²) in [5.74, 6) is 2.02. The van der Waals surface area contributed by atoms with Crippen molar-refractivity contribution in [3.63, 3.8) is 0 Å². The van der Waals surface area contributed by atoms with Gasteiger partial charge in [-0.05, 0) is 37.8 Å². The number of benzene rings is 1. The molecule has 166 valence electrons. The Kier molecular flexibility index (Phi) is 6.65. The molecule has 2 saturated heterocycles. The number of nitrogens with one attached hydrogen (secondary N) is 2. The highest BCUT2D eigenvalue weighted by molar-refractivity contribution is 5.54. The zero-order chi connectivity index (χ0) is 20.9. The Bertz CT molecular complexity index is 847. The SMILES string of the molecule is c1ccc(CN2CCCC(Nc3nc4c(c(N5CCCCCC5)n3)CNCC4)C2)cc1. The predicted molar refractivity (Wildman–Crippen MR) is 126 cm³/mol. The zero-order valence-corrected chi connectivity index (χ0v) is 18.7. The highest BCUT2D eigenvalue weighted by atomic mass is 15.3. The van der Waals surface area contributed by atoms with Crippen LogP contribution in [0.25, 0.3) is 0 Å². The second-order valence-corrected chi connectivity index (χ2v) is 9.33. The van der Waals surface area contributed by atoms with Crippen LogP contribution < -0.4 is 15.5 Å². The number of hydrogen-bond donors (Lipinski definition) is 2. The summed E-state index contributed by atoms with van der Waals surface area (Å²) in [6, 6.07) is 11.2. The summed E-state index contributed by atoms with van der Waals surface area (Å²) in [6.07, 6.45) is 8.62. The maximum absolute atomic E-state index is 5.10. The number of fused-ring (bicyclic) bond motifs is 1. The molecule has 0 saturated carbocycles. The standard InChI is InChI=1S/C25H36N6/c1-2-7-16-31(15-6-1)24-22-17-26-13-12-23(22)28-25(29-24)27-21-11-8-14-30(19-21)18-20-9-4-3-5-10-20/h3-5,9-10,21,26H,1-2,6-8,11-19H2,(H,27,28,29). The van der Waals surface area contributed by atoms with Crippen molar-refractivity contribution in [3.8, 4) is 0 Å². The number of hydrogen-bond acceptors (Lipinski definition) is 6. The molecule has 2 aromatic rings. The summed E-state index contributed by atoms with van der Waals surface area (Å²) in [5.41, 5.74) is 3.96. The molecule has 6 nitrogen and oxygen atoms in total.